The number of anilines is 1. The first-order valence-corrected chi connectivity index (χ1v) is 9.56. The van der Waals surface area contributed by atoms with Crippen molar-refractivity contribution in [3.8, 4) is 6.07 Å². The lowest BCUT2D eigenvalue weighted by Gasteiger charge is -2.29. The first-order valence-electron chi connectivity index (χ1n) is 11.1. The third-order valence-corrected chi connectivity index (χ3v) is 4.81. The van der Waals surface area contributed by atoms with Gasteiger partial charge in [-0.3, -0.25) is 9.59 Å². The van der Waals surface area contributed by atoms with Gasteiger partial charge < -0.3 is 25.1 Å². The minimum absolute atomic E-state index is 0.0239. The first-order chi connectivity index (χ1) is 15.7. The van der Waals surface area contributed by atoms with E-state index in [1.54, 1.807) is 0 Å². The standard InChI is InChI=1S/C20H25N5O6/c1-10(2)18(27)29-15-13(7-26)31-20(8-21,16(15)30-19(28)11(3)4)14-6-5-12-17(22)23-9-24-25(12)14/h5-6,9-11,13,15-16,26H,7H2,1-4H3,(H2,22,23,24)/t13-,15-,16-,20+/m1/s1/i5D,7D2. The van der Waals surface area contributed by atoms with E-state index in [-0.39, 0.29) is 23.1 Å². The van der Waals surface area contributed by atoms with Crippen molar-refractivity contribution in [1.82, 2.24) is 14.6 Å². The molecule has 11 heteroatoms. The third-order valence-electron chi connectivity index (χ3n) is 4.81. The maximum atomic E-state index is 12.6. The summed E-state index contributed by atoms with van der Waals surface area (Å²) in [6.07, 6.45) is -4.30. The van der Waals surface area contributed by atoms with Crippen LogP contribution in [0.1, 0.15) is 37.5 Å². The zero-order valence-corrected chi connectivity index (χ0v) is 17.4. The maximum absolute atomic E-state index is 12.6. The van der Waals surface area contributed by atoms with Crippen LogP contribution in [0.5, 0.6) is 0 Å². The van der Waals surface area contributed by atoms with Crippen molar-refractivity contribution in [1.29, 1.82) is 5.26 Å². The highest BCUT2D eigenvalue weighted by Crippen LogP contribution is 2.43. The summed E-state index contributed by atoms with van der Waals surface area (Å²) in [4.78, 5) is 28.9. The Morgan fingerprint density at radius 3 is 2.65 bits per heavy atom. The number of ether oxygens (including phenoxy) is 3. The molecule has 4 atom stereocenters. The number of carbonyl (C=O) groups excluding carboxylic acids is 2. The van der Waals surface area contributed by atoms with Crippen LogP contribution < -0.4 is 5.73 Å². The van der Waals surface area contributed by atoms with E-state index < -0.39 is 54.2 Å². The minimum atomic E-state index is -3.12. The summed E-state index contributed by atoms with van der Waals surface area (Å²) in [6, 6.07) is 2.86. The van der Waals surface area contributed by atoms with Crippen LogP contribution in [-0.2, 0) is 29.4 Å². The Bertz CT molecular complexity index is 1160. The quantitative estimate of drug-likeness (QED) is 0.614. The fraction of sp³-hybridized carbons (Fsp3) is 0.550. The van der Waals surface area contributed by atoms with Gasteiger partial charge in [-0.15, -0.1) is 0 Å². The van der Waals surface area contributed by atoms with Gasteiger partial charge in [0.15, 0.2) is 18.0 Å². The topological polar surface area (TPSA) is 162 Å². The summed E-state index contributed by atoms with van der Waals surface area (Å²) in [5, 5.41) is 24.6. The number of aliphatic hydroxyl groups is 1. The van der Waals surface area contributed by atoms with Crippen LogP contribution in [0, 0.1) is 23.2 Å². The van der Waals surface area contributed by atoms with Gasteiger partial charge in [0.25, 0.3) is 0 Å². The van der Waals surface area contributed by atoms with E-state index in [1.807, 2.05) is 6.07 Å². The summed E-state index contributed by atoms with van der Waals surface area (Å²) in [5.41, 5.74) is 3.40. The molecule has 0 radical (unpaired) electrons. The summed E-state index contributed by atoms with van der Waals surface area (Å²) in [6.45, 7) is 3.01. The van der Waals surface area contributed by atoms with E-state index in [4.69, 9.17) is 24.1 Å². The zero-order chi connectivity index (χ0) is 25.6. The van der Waals surface area contributed by atoms with E-state index in [1.165, 1.54) is 33.8 Å². The van der Waals surface area contributed by atoms with Gasteiger partial charge in [0.1, 0.15) is 24.0 Å². The zero-order valence-electron chi connectivity index (χ0n) is 20.4. The monoisotopic (exact) mass is 434 g/mol. The van der Waals surface area contributed by atoms with Crippen LogP contribution in [0.25, 0.3) is 5.52 Å². The van der Waals surface area contributed by atoms with Gasteiger partial charge in [0.05, 0.1) is 28.2 Å². The Kier molecular flexibility index (Phi) is 5.07. The Morgan fingerprint density at radius 2 is 2.06 bits per heavy atom. The minimum Gasteiger partial charge on any atom is -0.455 e. The molecule has 0 amide bonds. The lowest BCUT2D eigenvalue weighted by atomic mass is 9.92. The number of nitrogens with two attached hydrogens (primary N) is 1. The number of carbonyl (C=O) groups is 2. The second kappa shape index (κ2) is 8.49. The van der Waals surface area contributed by atoms with Crippen LogP contribution >= 0.6 is 0 Å². The summed E-state index contributed by atoms with van der Waals surface area (Å²) in [7, 11) is 0. The molecule has 166 valence electrons. The Balaban J connectivity index is 2.29. The van der Waals surface area contributed by atoms with Crippen LogP contribution in [0.3, 0.4) is 0 Å². The summed E-state index contributed by atoms with van der Waals surface area (Å²) < 4.78 is 41.8. The molecule has 3 heterocycles. The van der Waals surface area contributed by atoms with Gasteiger partial charge in [0, 0.05) is 0 Å². The van der Waals surface area contributed by atoms with Crippen LogP contribution in [0.15, 0.2) is 18.4 Å². The second-order valence-corrected chi connectivity index (χ2v) is 7.66. The molecule has 31 heavy (non-hydrogen) atoms. The van der Waals surface area contributed by atoms with Crippen LogP contribution in [0.4, 0.5) is 5.82 Å². The normalized spacial score (nSPS) is 27.5. The first kappa shape index (κ1) is 18.5. The highest BCUT2D eigenvalue weighted by molar-refractivity contribution is 5.73. The van der Waals surface area contributed by atoms with Crippen LogP contribution in [-0.4, -0.2) is 56.5 Å². The number of esters is 2. The van der Waals surface area contributed by atoms with E-state index in [9.17, 15) is 20.0 Å². The van der Waals surface area contributed by atoms with Crippen molar-refractivity contribution in [3.63, 3.8) is 0 Å². The molecule has 11 nitrogen and oxygen atoms in total. The van der Waals surface area contributed by atoms with E-state index in [2.05, 4.69) is 10.1 Å². The molecule has 0 aromatic carbocycles. The van der Waals surface area contributed by atoms with Crippen molar-refractivity contribution in [3.05, 3.63) is 24.1 Å². The molecule has 2 aromatic rings. The number of nitriles is 1. The molecule has 1 aliphatic rings. The van der Waals surface area contributed by atoms with Gasteiger partial charge >= 0.3 is 11.9 Å². The molecule has 2 aromatic heterocycles. The number of nitrogens with zero attached hydrogens (tertiary/aromatic N) is 4. The molecule has 3 rings (SSSR count). The van der Waals surface area contributed by atoms with Gasteiger partial charge in [0.2, 0.25) is 5.60 Å². The Hall–Kier alpha value is -3.23. The van der Waals surface area contributed by atoms with Gasteiger partial charge in [-0.25, -0.2) is 9.50 Å². The van der Waals surface area contributed by atoms with Crippen molar-refractivity contribution < 1.29 is 33.0 Å². The Morgan fingerprint density at radius 1 is 1.42 bits per heavy atom. The average Bonchev–Trinajstić information content (AvgIpc) is 3.24. The van der Waals surface area contributed by atoms with Crippen molar-refractivity contribution in [2.24, 2.45) is 11.8 Å². The number of fused-ring (bicyclic) bond motifs is 1. The number of rotatable bonds is 6. The lowest BCUT2D eigenvalue weighted by Crippen LogP contribution is -2.47. The third kappa shape index (κ3) is 3.80. The summed E-state index contributed by atoms with van der Waals surface area (Å²) in [5.74, 6) is -3.00. The molecule has 0 spiro atoms. The highest BCUT2D eigenvalue weighted by Gasteiger charge is 2.62. The largest absolute Gasteiger partial charge is 0.455 e. The van der Waals surface area contributed by atoms with E-state index in [0.29, 0.717) is 0 Å². The number of nitrogen functional groups attached to an aromatic ring is 1. The van der Waals surface area contributed by atoms with Crippen molar-refractivity contribution in [2.75, 3.05) is 12.3 Å². The molecule has 1 aliphatic heterocycles. The van der Waals surface area contributed by atoms with E-state index in [0.717, 1.165) is 10.8 Å². The number of hydrogen-bond donors (Lipinski definition) is 2. The molecule has 0 saturated carbocycles. The van der Waals surface area contributed by atoms with Crippen LogP contribution in [0.2, 0.25) is 0 Å². The van der Waals surface area contributed by atoms with E-state index >= 15 is 0 Å². The number of hydrogen-bond acceptors (Lipinski definition) is 10. The predicted molar refractivity (Wildman–Crippen MR) is 106 cm³/mol. The molecular weight excluding hydrogens is 406 g/mol. The van der Waals surface area contributed by atoms with Crippen molar-refractivity contribution in [2.45, 2.75) is 51.6 Å². The average molecular weight is 434 g/mol. The molecule has 0 aliphatic carbocycles. The lowest BCUT2D eigenvalue weighted by molar-refractivity contribution is -0.173. The maximum Gasteiger partial charge on any atom is 0.308 e. The second-order valence-electron chi connectivity index (χ2n) is 7.66. The van der Waals surface area contributed by atoms with Gasteiger partial charge in [-0.05, 0) is 12.1 Å². The molecule has 1 fully saturated rings. The molecule has 1 saturated heterocycles. The Labute approximate surface area is 182 Å². The molecule has 0 bridgehead atoms. The van der Waals surface area contributed by atoms with Crippen molar-refractivity contribution >= 4 is 23.3 Å². The molecule has 0 unspecified atom stereocenters. The smallest absolute Gasteiger partial charge is 0.308 e. The number of aromatic nitrogens is 3. The predicted octanol–water partition coefficient (Wildman–Crippen LogP) is 0.557. The van der Waals surface area contributed by atoms with Gasteiger partial charge in [-0.2, -0.15) is 10.4 Å². The fourth-order valence-corrected chi connectivity index (χ4v) is 3.13. The SMILES string of the molecule is [2H]c1cc([C@]2(C#N)O[C@H](C([2H])([2H])O)[C@@H](OC(=O)C(C)C)[C@H]2OC(=O)C(C)C)n2ncnc(N)c12. The summed E-state index contributed by atoms with van der Waals surface area (Å²) >= 11 is 0. The molecule has 3 N–H and O–H groups in total. The fourth-order valence-electron chi connectivity index (χ4n) is 3.13. The van der Waals surface area contributed by atoms with Gasteiger partial charge in [-0.1, -0.05) is 27.7 Å². The molecular formula is C20H25N5O6. The highest BCUT2D eigenvalue weighted by atomic mass is 16.6.